The van der Waals surface area contributed by atoms with Gasteiger partial charge < -0.3 is 14.8 Å². The van der Waals surface area contributed by atoms with Gasteiger partial charge in [0.05, 0.1) is 14.2 Å². The molecule has 136 valence electrons. The summed E-state index contributed by atoms with van der Waals surface area (Å²) in [6.45, 7) is 6.38. The molecule has 0 aromatic heterocycles. The van der Waals surface area contributed by atoms with Crippen LogP contribution in [0.15, 0.2) is 42.5 Å². The van der Waals surface area contributed by atoms with Gasteiger partial charge in [-0.1, -0.05) is 0 Å². The van der Waals surface area contributed by atoms with Crippen LogP contribution in [0.2, 0.25) is 0 Å². The highest BCUT2D eigenvalue weighted by Gasteiger charge is 2.29. The lowest BCUT2D eigenvalue weighted by atomic mass is 9.83. The van der Waals surface area contributed by atoms with Crippen molar-refractivity contribution in [3.05, 3.63) is 64.7 Å². The summed E-state index contributed by atoms with van der Waals surface area (Å²) in [6.07, 6.45) is 2.58. The van der Waals surface area contributed by atoms with E-state index in [1.807, 2.05) is 12.1 Å². The van der Waals surface area contributed by atoms with Crippen LogP contribution in [-0.2, 0) is 6.42 Å². The van der Waals surface area contributed by atoms with Crippen molar-refractivity contribution < 1.29 is 14.3 Å². The molecule has 0 saturated heterocycles. The lowest BCUT2D eigenvalue weighted by Gasteiger charge is -2.36. The minimum Gasteiger partial charge on any atom is -0.497 e. The number of hydrogen-bond acceptors (Lipinski definition) is 4. The Bertz CT molecular complexity index is 864. The quantitative estimate of drug-likeness (QED) is 0.664. The van der Waals surface area contributed by atoms with E-state index >= 15 is 0 Å². The second kappa shape index (κ2) is 6.87. The lowest BCUT2D eigenvalue weighted by molar-refractivity contribution is 0.104. The first-order valence-corrected chi connectivity index (χ1v) is 8.69. The van der Waals surface area contributed by atoms with Gasteiger partial charge in [0.1, 0.15) is 11.5 Å². The number of rotatable bonds is 4. The van der Waals surface area contributed by atoms with E-state index < -0.39 is 0 Å². The SMILES string of the molecule is COc1ccc(C(=O)/C=C2\NC(C)(C)Cc3c(C)cc(OC)cc32)cc1. The summed E-state index contributed by atoms with van der Waals surface area (Å²) in [5.41, 5.74) is 4.80. The summed E-state index contributed by atoms with van der Waals surface area (Å²) in [7, 11) is 3.27. The molecule has 26 heavy (non-hydrogen) atoms. The highest BCUT2D eigenvalue weighted by molar-refractivity contribution is 6.08. The minimum absolute atomic E-state index is 0.0423. The predicted molar refractivity (Wildman–Crippen MR) is 104 cm³/mol. The number of methoxy groups -OCH3 is 2. The van der Waals surface area contributed by atoms with Crippen LogP contribution in [0.3, 0.4) is 0 Å². The van der Waals surface area contributed by atoms with Crippen molar-refractivity contribution >= 4 is 11.5 Å². The fourth-order valence-corrected chi connectivity index (χ4v) is 3.38. The molecule has 0 spiro atoms. The van der Waals surface area contributed by atoms with Gasteiger partial charge in [-0.15, -0.1) is 0 Å². The van der Waals surface area contributed by atoms with Crippen molar-refractivity contribution in [1.29, 1.82) is 0 Å². The fourth-order valence-electron chi connectivity index (χ4n) is 3.38. The molecule has 4 nitrogen and oxygen atoms in total. The van der Waals surface area contributed by atoms with Crippen molar-refractivity contribution in [1.82, 2.24) is 5.32 Å². The molecule has 3 rings (SSSR count). The minimum atomic E-state index is -0.127. The molecular weight excluding hydrogens is 326 g/mol. The Hall–Kier alpha value is -2.75. The van der Waals surface area contributed by atoms with Gasteiger partial charge in [-0.2, -0.15) is 0 Å². The van der Waals surface area contributed by atoms with Crippen molar-refractivity contribution in [2.45, 2.75) is 32.7 Å². The summed E-state index contributed by atoms with van der Waals surface area (Å²) in [5.74, 6) is 1.49. The molecule has 0 unspecified atom stereocenters. The smallest absolute Gasteiger partial charge is 0.187 e. The third kappa shape index (κ3) is 3.59. The number of allylic oxidation sites excluding steroid dienone is 1. The van der Waals surface area contributed by atoms with Crippen LogP contribution in [-0.4, -0.2) is 25.5 Å². The lowest BCUT2D eigenvalue weighted by Crippen LogP contribution is -2.44. The summed E-state index contributed by atoms with van der Waals surface area (Å²) in [5, 5.41) is 3.51. The molecule has 0 fully saturated rings. The van der Waals surface area contributed by atoms with Crippen molar-refractivity contribution in [2.24, 2.45) is 0 Å². The molecule has 2 aromatic carbocycles. The number of carbonyl (C=O) groups excluding carboxylic acids is 1. The van der Waals surface area contributed by atoms with Gasteiger partial charge in [0.15, 0.2) is 5.78 Å². The Morgan fingerprint density at radius 1 is 1.08 bits per heavy atom. The molecule has 2 aromatic rings. The third-order valence-electron chi connectivity index (χ3n) is 4.71. The van der Waals surface area contributed by atoms with Gasteiger partial charge in [-0.05, 0) is 74.7 Å². The molecule has 4 heteroatoms. The van der Waals surface area contributed by atoms with E-state index in [1.54, 1.807) is 44.6 Å². The van der Waals surface area contributed by atoms with Crippen LogP contribution in [0.5, 0.6) is 11.5 Å². The summed E-state index contributed by atoms with van der Waals surface area (Å²) in [4.78, 5) is 12.8. The second-order valence-corrected chi connectivity index (χ2v) is 7.31. The maximum absolute atomic E-state index is 12.8. The third-order valence-corrected chi connectivity index (χ3v) is 4.71. The zero-order valence-electron chi connectivity index (χ0n) is 16.0. The van der Waals surface area contributed by atoms with Gasteiger partial charge in [-0.25, -0.2) is 0 Å². The van der Waals surface area contributed by atoms with Gasteiger partial charge in [0.25, 0.3) is 0 Å². The Balaban J connectivity index is 2.04. The number of benzene rings is 2. The topological polar surface area (TPSA) is 47.6 Å². The molecule has 0 bridgehead atoms. The first kappa shape index (κ1) is 18.1. The molecule has 0 atom stereocenters. The van der Waals surface area contributed by atoms with Crippen LogP contribution in [0.25, 0.3) is 5.70 Å². The standard InChI is InChI=1S/C22H25NO3/c1-14-10-17(26-5)11-18-19(14)13-22(2,3)23-20(18)12-21(24)15-6-8-16(25-4)9-7-15/h6-12,23H,13H2,1-5H3/b20-12-. The normalized spacial score (nSPS) is 16.6. The van der Waals surface area contributed by atoms with Gasteiger partial charge in [0, 0.05) is 28.4 Å². The largest absolute Gasteiger partial charge is 0.497 e. The van der Waals surface area contributed by atoms with Crippen molar-refractivity contribution in [2.75, 3.05) is 14.2 Å². The first-order chi connectivity index (χ1) is 12.3. The average Bonchev–Trinajstić information content (AvgIpc) is 2.61. The molecule has 1 aliphatic heterocycles. The summed E-state index contributed by atoms with van der Waals surface area (Å²) >= 11 is 0. The zero-order valence-corrected chi connectivity index (χ0v) is 16.0. The number of carbonyl (C=O) groups is 1. The number of nitrogens with one attached hydrogen (secondary N) is 1. The number of fused-ring (bicyclic) bond motifs is 1. The van der Waals surface area contributed by atoms with E-state index in [0.29, 0.717) is 5.56 Å². The molecule has 1 N–H and O–H groups in total. The Morgan fingerprint density at radius 2 is 1.73 bits per heavy atom. The van der Waals surface area contributed by atoms with Crippen molar-refractivity contribution in [3.8, 4) is 11.5 Å². The molecule has 0 amide bonds. The Labute approximate surface area is 154 Å². The molecule has 1 heterocycles. The predicted octanol–water partition coefficient (Wildman–Crippen LogP) is 4.16. The highest BCUT2D eigenvalue weighted by Crippen LogP contribution is 2.34. The fraction of sp³-hybridized carbons (Fsp3) is 0.318. The van der Waals surface area contributed by atoms with E-state index in [9.17, 15) is 4.79 Å². The van der Waals surface area contributed by atoms with E-state index in [1.165, 1.54) is 11.1 Å². The van der Waals surface area contributed by atoms with Crippen LogP contribution in [0, 0.1) is 6.92 Å². The first-order valence-electron chi connectivity index (χ1n) is 8.69. The number of ether oxygens (including phenoxy) is 2. The van der Waals surface area contributed by atoms with Gasteiger partial charge in [0.2, 0.25) is 0 Å². The van der Waals surface area contributed by atoms with Gasteiger partial charge >= 0.3 is 0 Å². The number of hydrogen-bond donors (Lipinski definition) is 1. The van der Waals surface area contributed by atoms with E-state index in [-0.39, 0.29) is 11.3 Å². The molecule has 0 radical (unpaired) electrons. The monoisotopic (exact) mass is 351 g/mol. The summed E-state index contributed by atoms with van der Waals surface area (Å²) in [6, 6.07) is 11.2. The van der Waals surface area contributed by atoms with Crippen LogP contribution in [0.4, 0.5) is 0 Å². The van der Waals surface area contributed by atoms with E-state index in [4.69, 9.17) is 9.47 Å². The molecular formula is C22H25NO3. The molecule has 0 aliphatic carbocycles. The Morgan fingerprint density at radius 3 is 2.35 bits per heavy atom. The zero-order chi connectivity index (χ0) is 18.9. The van der Waals surface area contributed by atoms with Crippen LogP contribution in [0.1, 0.15) is 40.9 Å². The van der Waals surface area contributed by atoms with Gasteiger partial charge in [-0.3, -0.25) is 4.79 Å². The molecule has 1 aliphatic rings. The highest BCUT2D eigenvalue weighted by atomic mass is 16.5. The van der Waals surface area contributed by atoms with Crippen LogP contribution < -0.4 is 14.8 Å². The maximum atomic E-state index is 12.8. The second-order valence-electron chi connectivity index (χ2n) is 7.31. The van der Waals surface area contributed by atoms with E-state index in [0.717, 1.165) is 29.2 Å². The van der Waals surface area contributed by atoms with Crippen LogP contribution >= 0.6 is 0 Å². The van der Waals surface area contributed by atoms with Crippen molar-refractivity contribution in [3.63, 3.8) is 0 Å². The summed E-state index contributed by atoms with van der Waals surface area (Å²) < 4.78 is 10.6. The Kier molecular flexibility index (Phi) is 4.77. The average molecular weight is 351 g/mol. The molecule has 0 saturated carbocycles. The van der Waals surface area contributed by atoms with E-state index in [2.05, 4.69) is 26.1 Å². The number of ketones is 1. The maximum Gasteiger partial charge on any atom is 0.187 e. The number of aryl methyl sites for hydroxylation is 1.